The molecule has 0 radical (unpaired) electrons. The second kappa shape index (κ2) is 7.06. The lowest BCUT2D eigenvalue weighted by atomic mass is 9.63. The van der Waals surface area contributed by atoms with E-state index in [4.69, 9.17) is 4.74 Å². The van der Waals surface area contributed by atoms with Crippen molar-refractivity contribution in [3.63, 3.8) is 0 Å². The number of nitrogens with one attached hydrogen (secondary N) is 1. The van der Waals surface area contributed by atoms with Gasteiger partial charge in [-0.15, -0.1) is 0 Å². The number of rotatable bonds is 7. The van der Waals surface area contributed by atoms with E-state index in [-0.39, 0.29) is 18.1 Å². The van der Waals surface area contributed by atoms with Crippen LogP contribution >= 0.6 is 0 Å². The first-order valence-corrected chi connectivity index (χ1v) is 8.02. The summed E-state index contributed by atoms with van der Waals surface area (Å²) in [7, 11) is 1.60. The fraction of sp³-hybridized carbons (Fsp3) is 0.444. The van der Waals surface area contributed by atoms with Crippen molar-refractivity contribution >= 4 is 0 Å². The highest BCUT2D eigenvalue weighted by atomic mass is 16.5. The van der Waals surface area contributed by atoms with Gasteiger partial charge in [-0.1, -0.05) is 36.8 Å². The topological polar surface area (TPSA) is 67.3 Å². The molecule has 0 amide bonds. The lowest BCUT2D eigenvalue weighted by Crippen LogP contribution is -2.45. The molecule has 1 aliphatic carbocycles. The standard InChI is InChI=1S/C18H23N3O2/c1-23-17-15(19-10-11-20-17)12-21-16(14-6-3-2-4-7-14)18(13-22)8-5-9-18/h2-4,6-7,10-11,16,21-22H,5,8-9,12-13H2,1H3. The van der Waals surface area contributed by atoms with E-state index in [1.807, 2.05) is 18.2 Å². The van der Waals surface area contributed by atoms with Crippen LogP contribution in [0.3, 0.4) is 0 Å². The van der Waals surface area contributed by atoms with Crippen molar-refractivity contribution in [2.24, 2.45) is 5.41 Å². The first kappa shape index (κ1) is 15.9. The van der Waals surface area contributed by atoms with E-state index in [1.165, 1.54) is 12.0 Å². The van der Waals surface area contributed by atoms with Crippen molar-refractivity contribution in [2.45, 2.75) is 31.8 Å². The molecule has 1 unspecified atom stereocenters. The summed E-state index contributed by atoms with van der Waals surface area (Å²) >= 11 is 0. The molecule has 5 heteroatoms. The van der Waals surface area contributed by atoms with Gasteiger partial charge in [-0.05, 0) is 18.4 Å². The van der Waals surface area contributed by atoms with E-state index in [1.54, 1.807) is 19.5 Å². The molecule has 0 spiro atoms. The molecule has 2 N–H and O–H groups in total. The number of aliphatic hydroxyl groups is 1. The summed E-state index contributed by atoms with van der Waals surface area (Å²) in [5.41, 5.74) is 1.89. The highest BCUT2D eigenvalue weighted by Crippen LogP contribution is 2.50. The summed E-state index contributed by atoms with van der Waals surface area (Å²) in [6.45, 7) is 0.746. The summed E-state index contributed by atoms with van der Waals surface area (Å²) in [5, 5.41) is 13.6. The van der Waals surface area contributed by atoms with Crippen LogP contribution < -0.4 is 10.1 Å². The molecule has 3 rings (SSSR count). The third kappa shape index (κ3) is 3.21. The Morgan fingerprint density at radius 2 is 1.96 bits per heavy atom. The van der Waals surface area contributed by atoms with Crippen LogP contribution in [0.1, 0.15) is 36.6 Å². The van der Waals surface area contributed by atoms with E-state index in [0.29, 0.717) is 12.4 Å². The van der Waals surface area contributed by atoms with Gasteiger partial charge in [0, 0.05) is 30.4 Å². The quantitative estimate of drug-likeness (QED) is 0.822. The number of nitrogens with zero attached hydrogens (tertiary/aromatic N) is 2. The molecule has 0 saturated heterocycles. The molecular formula is C18H23N3O2. The Morgan fingerprint density at radius 1 is 1.22 bits per heavy atom. The summed E-state index contributed by atoms with van der Waals surface area (Å²) in [6.07, 6.45) is 6.53. The van der Waals surface area contributed by atoms with E-state index in [0.717, 1.165) is 18.5 Å². The van der Waals surface area contributed by atoms with Crippen molar-refractivity contribution in [2.75, 3.05) is 13.7 Å². The molecule has 0 bridgehead atoms. The fourth-order valence-corrected chi connectivity index (χ4v) is 3.35. The van der Waals surface area contributed by atoms with Gasteiger partial charge in [0.1, 0.15) is 5.69 Å². The van der Waals surface area contributed by atoms with Crippen LogP contribution in [0.4, 0.5) is 0 Å². The predicted octanol–water partition coefficient (Wildman–Crippen LogP) is 2.48. The van der Waals surface area contributed by atoms with Gasteiger partial charge < -0.3 is 15.2 Å². The van der Waals surface area contributed by atoms with Gasteiger partial charge in [-0.25, -0.2) is 4.98 Å². The highest BCUT2D eigenvalue weighted by molar-refractivity contribution is 5.24. The zero-order valence-corrected chi connectivity index (χ0v) is 13.4. The third-order valence-electron chi connectivity index (χ3n) is 4.81. The van der Waals surface area contributed by atoms with Crippen LogP contribution in [0.15, 0.2) is 42.7 Å². The van der Waals surface area contributed by atoms with Crippen LogP contribution in [0, 0.1) is 5.41 Å². The Balaban J connectivity index is 1.82. The Bertz CT molecular complexity index is 624. The predicted molar refractivity (Wildman–Crippen MR) is 88.0 cm³/mol. The maximum atomic E-state index is 9.97. The number of hydrogen-bond donors (Lipinski definition) is 2. The summed E-state index contributed by atoms with van der Waals surface area (Å²) in [6, 6.07) is 10.4. The Kier molecular flexibility index (Phi) is 4.88. The Hall–Kier alpha value is -1.98. The summed E-state index contributed by atoms with van der Waals surface area (Å²) in [5.74, 6) is 0.540. The zero-order chi connectivity index (χ0) is 16.1. The Labute approximate surface area is 136 Å². The molecule has 1 saturated carbocycles. The molecule has 122 valence electrons. The van der Waals surface area contributed by atoms with Gasteiger partial charge in [-0.3, -0.25) is 4.98 Å². The normalized spacial score (nSPS) is 17.3. The van der Waals surface area contributed by atoms with E-state index in [9.17, 15) is 5.11 Å². The first-order valence-electron chi connectivity index (χ1n) is 8.02. The van der Waals surface area contributed by atoms with E-state index in [2.05, 4.69) is 27.4 Å². The van der Waals surface area contributed by atoms with Crippen LogP contribution in [0.2, 0.25) is 0 Å². The van der Waals surface area contributed by atoms with Crippen LogP contribution in [-0.4, -0.2) is 28.8 Å². The number of benzene rings is 1. The smallest absolute Gasteiger partial charge is 0.236 e. The maximum absolute atomic E-state index is 9.97. The van der Waals surface area contributed by atoms with Crippen molar-refractivity contribution in [1.82, 2.24) is 15.3 Å². The van der Waals surface area contributed by atoms with E-state index >= 15 is 0 Å². The van der Waals surface area contributed by atoms with Crippen LogP contribution in [-0.2, 0) is 6.54 Å². The molecule has 1 aromatic carbocycles. The number of aliphatic hydroxyl groups excluding tert-OH is 1. The summed E-state index contributed by atoms with van der Waals surface area (Å²) < 4.78 is 5.27. The third-order valence-corrected chi connectivity index (χ3v) is 4.81. The minimum atomic E-state index is -0.0865. The Morgan fingerprint density at radius 3 is 2.57 bits per heavy atom. The number of hydrogen-bond acceptors (Lipinski definition) is 5. The van der Waals surface area contributed by atoms with Crippen molar-refractivity contribution in [3.05, 3.63) is 54.0 Å². The molecule has 2 aromatic rings. The number of aromatic nitrogens is 2. The van der Waals surface area contributed by atoms with Gasteiger partial charge in [0.2, 0.25) is 5.88 Å². The number of ether oxygens (including phenoxy) is 1. The lowest BCUT2D eigenvalue weighted by Gasteiger charge is -2.47. The highest BCUT2D eigenvalue weighted by Gasteiger charge is 2.44. The second-order valence-corrected chi connectivity index (χ2v) is 6.11. The van der Waals surface area contributed by atoms with Crippen LogP contribution in [0.25, 0.3) is 0 Å². The fourth-order valence-electron chi connectivity index (χ4n) is 3.35. The molecule has 1 fully saturated rings. The molecule has 0 aliphatic heterocycles. The van der Waals surface area contributed by atoms with E-state index < -0.39 is 0 Å². The van der Waals surface area contributed by atoms with Crippen molar-refractivity contribution < 1.29 is 9.84 Å². The SMILES string of the molecule is COc1nccnc1CNC(c1ccccc1)C1(CO)CCC1. The van der Waals surface area contributed by atoms with Crippen LogP contribution in [0.5, 0.6) is 5.88 Å². The molecule has 23 heavy (non-hydrogen) atoms. The molecule has 5 nitrogen and oxygen atoms in total. The maximum Gasteiger partial charge on any atom is 0.236 e. The largest absolute Gasteiger partial charge is 0.480 e. The minimum Gasteiger partial charge on any atom is -0.480 e. The van der Waals surface area contributed by atoms with Crippen molar-refractivity contribution in [1.29, 1.82) is 0 Å². The monoisotopic (exact) mass is 313 g/mol. The molecule has 1 atom stereocenters. The molecular weight excluding hydrogens is 290 g/mol. The molecule has 1 aliphatic rings. The van der Waals surface area contributed by atoms with Gasteiger partial charge in [0.15, 0.2) is 0 Å². The number of methoxy groups -OCH3 is 1. The summed E-state index contributed by atoms with van der Waals surface area (Å²) in [4.78, 5) is 8.54. The lowest BCUT2D eigenvalue weighted by molar-refractivity contribution is 0.00441. The zero-order valence-electron chi connectivity index (χ0n) is 13.4. The minimum absolute atomic E-state index is 0.0865. The van der Waals surface area contributed by atoms with Crippen molar-refractivity contribution in [3.8, 4) is 5.88 Å². The molecule has 1 heterocycles. The average molecular weight is 313 g/mol. The van der Waals surface area contributed by atoms with Gasteiger partial charge in [0.25, 0.3) is 0 Å². The second-order valence-electron chi connectivity index (χ2n) is 6.11. The van der Waals surface area contributed by atoms with Gasteiger partial charge >= 0.3 is 0 Å². The van der Waals surface area contributed by atoms with Gasteiger partial charge in [0.05, 0.1) is 13.7 Å². The molecule has 1 aromatic heterocycles. The van der Waals surface area contributed by atoms with Gasteiger partial charge in [-0.2, -0.15) is 0 Å². The average Bonchev–Trinajstić information content (AvgIpc) is 2.58. The first-order chi connectivity index (χ1) is 11.3.